The van der Waals surface area contributed by atoms with E-state index in [-0.39, 0.29) is 11.7 Å². The molecule has 0 saturated heterocycles. The molecule has 3 aromatic rings. The highest BCUT2D eigenvalue weighted by atomic mass is 35.5. The molecular weight excluding hydrogens is 454 g/mol. The lowest BCUT2D eigenvalue weighted by Gasteiger charge is -2.24. The van der Waals surface area contributed by atoms with E-state index in [1.54, 1.807) is 6.07 Å². The Morgan fingerprint density at radius 2 is 1.48 bits per heavy atom. The van der Waals surface area contributed by atoms with Gasteiger partial charge in [-0.25, -0.2) is 9.97 Å². The summed E-state index contributed by atoms with van der Waals surface area (Å²) in [4.78, 5) is 28.0. The lowest BCUT2D eigenvalue weighted by atomic mass is 10.2. The molecule has 0 atom stereocenters. The number of nitrogens with zero attached hydrogens (tertiary/aromatic N) is 5. The first-order valence-corrected chi connectivity index (χ1v) is 12.2. The fourth-order valence-electron chi connectivity index (χ4n) is 3.22. The highest BCUT2D eigenvalue weighted by molar-refractivity contribution is 7.99. The molecule has 0 spiro atoms. The first-order valence-electron chi connectivity index (χ1n) is 10.8. The SMILES string of the molecule is CN(C)CCN(Cc1ccccc1)C(=O)CSc1nc(Cl)cc(N(C)Cc2ccccc2)n1. The van der Waals surface area contributed by atoms with Crippen molar-refractivity contribution < 1.29 is 4.79 Å². The van der Waals surface area contributed by atoms with Gasteiger partial charge in [0.15, 0.2) is 5.16 Å². The molecule has 0 aliphatic carbocycles. The van der Waals surface area contributed by atoms with Gasteiger partial charge in [0.05, 0.1) is 5.75 Å². The average Bonchev–Trinajstić information content (AvgIpc) is 2.81. The minimum Gasteiger partial charge on any atom is -0.355 e. The summed E-state index contributed by atoms with van der Waals surface area (Å²) in [5.74, 6) is 1.03. The third-order valence-corrected chi connectivity index (χ3v) is 6.05. The zero-order valence-corrected chi connectivity index (χ0v) is 20.9. The van der Waals surface area contributed by atoms with Crippen LogP contribution in [0.25, 0.3) is 0 Å². The van der Waals surface area contributed by atoms with Crippen molar-refractivity contribution in [3.63, 3.8) is 0 Å². The summed E-state index contributed by atoms with van der Waals surface area (Å²) < 4.78 is 0. The van der Waals surface area contributed by atoms with Crippen LogP contribution < -0.4 is 4.90 Å². The third kappa shape index (κ3) is 8.35. The predicted octanol–water partition coefficient (Wildman–Crippen LogP) is 4.45. The summed E-state index contributed by atoms with van der Waals surface area (Å²) in [5, 5.41) is 0.863. The first-order chi connectivity index (χ1) is 15.9. The van der Waals surface area contributed by atoms with Crippen LogP contribution in [0.15, 0.2) is 71.9 Å². The minimum atomic E-state index is 0.0495. The normalized spacial score (nSPS) is 10.9. The maximum Gasteiger partial charge on any atom is 0.233 e. The number of carbonyl (C=O) groups is 1. The van der Waals surface area contributed by atoms with Crippen LogP contribution in [0.3, 0.4) is 0 Å². The Morgan fingerprint density at radius 3 is 2.09 bits per heavy atom. The maximum atomic E-state index is 13.1. The number of anilines is 1. The molecule has 0 fully saturated rings. The zero-order valence-electron chi connectivity index (χ0n) is 19.3. The minimum absolute atomic E-state index is 0.0495. The van der Waals surface area contributed by atoms with Crippen LogP contribution in [0.5, 0.6) is 0 Å². The summed E-state index contributed by atoms with van der Waals surface area (Å²) in [6, 6.07) is 22.0. The monoisotopic (exact) mass is 483 g/mol. The quantitative estimate of drug-likeness (QED) is 0.228. The number of carbonyl (C=O) groups excluding carboxylic acids is 1. The number of halogens is 1. The van der Waals surface area contributed by atoms with Gasteiger partial charge in [0.1, 0.15) is 11.0 Å². The molecule has 0 bridgehead atoms. The van der Waals surface area contributed by atoms with E-state index < -0.39 is 0 Å². The van der Waals surface area contributed by atoms with Crippen LogP contribution in [-0.2, 0) is 17.9 Å². The number of amides is 1. The van der Waals surface area contributed by atoms with Crippen LogP contribution in [-0.4, -0.2) is 65.7 Å². The fourth-order valence-corrected chi connectivity index (χ4v) is 4.20. The van der Waals surface area contributed by atoms with Crippen LogP contribution in [0, 0.1) is 0 Å². The standard InChI is InChI=1S/C25H30ClN5OS/c1-29(2)14-15-31(18-21-12-8-5-9-13-21)24(32)19-33-25-27-22(26)16-23(28-25)30(3)17-20-10-6-4-7-11-20/h4-13,16H,14-15,17-19H2,1-3H3. The number of thioether (sulfide) groups is 1. The van der Waals surface area contributed by atoms with Gasteiger partial charge >= 0.3 is 0 Å². The summed E-state index contributed by atoms with van der Waals surface area (Å²) >= 11 is 7.59. The van der Waals surface area contributed by atoms with Crippen LogP contribution >= 0.6 is 23.4 Å². The van der Waals surface area contributed by atoms with Gasteiger partial charge in [0.2, 0.25) is 5.91 Å². The van der Waals surface area contributed by atoms with Crippen LogP contribution in [0.1, 0.15) is 11.1 Å². The molecule has 0 N–H and O–H groups in total. The molecular formula is C25H30ClN5OS. The molecule has 0 radical (unpaired) electrons. The molecule has 174 valence electrons. The molecule has 1 heterocycles. The number of likely N-dealkylation sites (N-methyl/N-ethyl adjacent to an activating group) is 1. The molecule has 2 aromatic carbocycles. The number of aromatic nitrogens is 2. The second-order valence-electron chi connectivity index (χ2n) is 8.07. The van der Waals surface area contributed by atoms with Crippen molar-refractivity contribution in [2.75, 3.05) is 44.9 Å². The second-order valence-corrected chi connectivity index (χ2v) is 9.40. The molecule has 1 amide bonds. The van der Waals surface area contributed by atoms with E-state index >= 15 is 0 Å². The van der Waals surface area contributed by atoms with Crippen molar-refractivity contribution in [3.8, 4) is 0 Å². The lowest BCUT2D eigenvalue weighted by molar-refractivity contribution is -0.129. The van der Waals surface area contributed by atoms with Crippen molar-refractivity contribution >= 4 is 35.1 Å². The van der Waals surface area contributed by atoms with Gasteiger partial charge in [0.25, 0.3) is 0 Å². The largest absolute Gasteiger partial charge is 0.355 e. The fraction of sp³-hybridized carbons (Fsp3) is 0.320. The van der Waals surface area contributed by atoms with Gasteiger partial charge < -0.3 is 14.7 Å². The van der Waals surface area contributed by atoms with Crippen molar-refractivity contribution in [1.29, 1.82) is 0 Å². The Hall–Kier alpha value is -2.61. The Morgan fingerprint density at radius 1 is 0.879 bits per heavy atom. The molecule has 0 saturated carbocycles. The Kier molecular flexibility index (Phi) is 9.54. The first kappa shape index (κ1) is 25.0. The summed E-state index contributed by atoms with van der Waals surface area (Å²) in [5.41, 5.74) is 2.29. The van der Waals surface area contributed by atoms with Gasteiger partial charge in [0, 0.05) is 39.3 Å². The van der Waals surface area contributed by atoms with Crippen LogP contribution in [0.2, 0.25) is 5.15 Å². The zero-order chi connectivity index (χ0) is 23.6. The Bertz CT molecular complexity index is 1020. The van der Waals surface area contributed by atoms with Crippen molar-refractivity contribution in [2.24, 2.45) is 0 Å². The number of benzene rings is 2. The molecule has 3 rings (SSSR count). The second kappa shape index (κ2) is 12.6. The smallest absolute Gasteiger partial charge is 0.233 e. The molecule has 0 unspecified atom stereocenters. The van der Waals surface area contributed by atoms with E-state index in [9.17, 15) is 4.79 Å². The molecule has 0 aliphatic heterocycles. The Balaban J connectivity index is 1.65. The van der Waals surface area contributed by atoms with E-state index in [1.165, 1.54) is 17.3 Å². The molecule has 33 heavy (non-hydrogen) atoms. The summed E-state index contributed by atoms with van der Waals surface area (Å²) in [6.45, 7) is 2.73. The molecule has 8 heteroatoms. The van der Waals surface area contributed by atoms with Gasteiger partial charge in [-0.15, -0.1) is 0 Å². The highest BCUT2D eigenvalue weighted by Gasteiger charge is 2.16. The average molecular weight is 484 g/mol. The lowest BCUT2D eigenvalue weighted by Crippen LogP contribution is -2.37. The highest BCUT2D eigenvalue weighted by Crippen LogP contribution is 2.23. The predicted molar refractivity (Wildman–Crippen MR) is 137 cm³/mol. The number of hydrogen-bond donors (Lipinski definition) is 0. The topological polar surface area (TPSA) is 52.6 Å². The van der Waals surface area contributed by atoms with E-state index in [0.29, 0.717) is 29.9 Å². The summed E-state index contributed by atoms with van der Waals surface area (Å²) in [7, 11) is 5.98. The van der Waals surface area contributed by atoms with Crippen molar-refractivity contribution in [2.45, 2.75) is 18.2 Å². The molecule has 0 aliphatic rings. The van der Waals surface area contributed by atoms with Gasteiger partial charge in [-0.05, 0) is 25.2 Å². The number of rotatable bonds is 11. The maximum absolute atomic E-state index is 13.1. The van der Waals surface area contributed by atoms with E-state index in [2.05, 4.69) is 27.0 Å². The van der Waals surface area contributed by atoms with Gasteiger partial charge in [-0.3, -0.25) is 4.79 Å². The number of hydrogen-bond acceptors (Lipinski definition) is 6. The van der Waals surface area contributed by atoms with Crippen molar-refractivity contribution in [3.05, 3.63) is 83.0 Å². The van der Waals surface area contributed by atoms with E-state index in [1.807, 2.05) is 79.5 Å². The molecule has 6 nitrogen and oxygen atoms in total. The summed E-state index contributed by atoms with van der Waals surface area (Å²) in [6.07, 6.45) is 0. The van der Waals surface area contributed by atoms with Gasteiger partial charge in [-0.2, -0.15) is 0 Å². The van der Waals surface area contributed by atoms with E-state index in [4.69, 9.17) is 11.6 Å². The van der Waals surface area contributed by atoms with Crippen LogP contribution in [0.4, 0.5) is 5.82 Å². The van der Waals surface area contributed by atoms with E-state index in [0.717, 1.165) is 17.9 Å². The van der Waals surface area contributed by atoms with Gasteiger partial charge in [-0.1, -0.05) is 84.0 Å². The molecule has 1 aromatic heterocycles. The third-order valence-electron chi connectivity index (χ3n) is 5.03. The van der Waals surface area contributed by atoms with Crippen molar-refractivity contribution in [1.82, 2.24) is 19.8 Å². The Labute approximate surface area is 205 Å².